The molecule has 0 atom stereocenters. The first-order valence-electron chi connectivity index (χ1n) is 6.74. The maximum atomic E-state index is 13.5. The highest BCUT2D eigenvalue weighted by atomic mass is 32.2. The molecule has 0 saturated carbocycles. The van der Waals surface area contributed by atoms with Crippen molar-refractivity contribution in [3.05, 3.63) is 45.7 Å². The van der Waals surface area contributed by atoms with E-state index in [1.54, 1.807) is 17.4 Å². The molecule has 1 N–H and O–H groups in total. The number of nitrogens with zero attached hydrogens (tertiary/aromatic N) is 1. The van der Waals surface area contributed by atoms with Gasteiger partial charge in [-0.3, -0.25) is 0 Å². The monoisotopic (exact) mass is 310 g/mol. The lowest BCUT2D eigenvalue weighted by atomic mass is 10.3. The van der Waals surface area contributed by atoms with E-state index in [4.69, 9.17) is 0 Å². The van der Waals surface area contributed by atoms with Crippen molar-refractivity contribution in [3.63, 3.8) is 0 Å². The molecule has 0 aliphatic rings. The number of rotatable bonds is 7. The van der Waals surface area contributed by atoms with Gasteiger partial charge in [0, 0.05) is 16.3 Å². The number of thioether (sulfide) groups is 1. The van der Waals surface area contributed by atoms with Crippen molar-refractivity contribution >= 4 is 23.1 Å². The maximum absolute atomic E-state index is 13.5. The van der Waals surface area contributed by atoms with Crippen LogP contribution in [0.5, 0.6) is 0 Å². The van der Waals surface area contributed by atoms with E-state index in [9.17, 15) is 4.39 Å². The average molecular weight is 310 g/mol. The molecule has 0 saturated heterocycles. The summed E-state index contributed by atoms with van der Waals surface area (Å²) in [5.41, 5.74) is 1.09. The summed E-state index contributed by atoms with van der Waals surface area (Å²) in [4.78, 5) is 6.54. The fraction of sp³-hybridized carbons (Fsp3) is 0.400. The molecule has 20 heavy (non-hydrogen) atoms. The van der Waals surface area contributed by atoms with Crippen LogP contribution in [-0.4, -0.2) is 11.5 Å². The van der Waals surface area contributed by atoms with Gasteiger partial charge in [-0.2, -0.15) is 0 Å². The highest BCUT2D eigenvalue weighted by Crippen LogP contribution is 2.28. The molecule has 0 radical (unpaired) electrons. The molecule has 0 fully saturated rings. The fourth-order valence-electron chi connectivity index (χ4n) is 1.79. The van der Waals surface area contributed by atoms with Crippen LogP contribution in [0.15, 0.2) is 29.2 Å². The van der Waals surface area contributed by atoms with Gasteiger partial charge in [-0.05, 0) is 32.0 Å². The van der Waals surface area contributed by atoms with Crippen LogP contribution in [0, 0.1) is 12.7 Å². The number of aryl methyl sites for hydroxylation is 1. The van der Waals surface area contributed by atoms with E-state index in [0.717, 1.165) is 36.0 Å². The van der Waals surface area contributed by atoms with Gasteiger partial charge < -0.3 is 5.32 Å². The molecule has 0 amide bonds. The van der Waals surface area contributed by atoms with Gasteiger partial charge in [0.1, 0.15) is 10.8 Å². The Kier molecular flexibility index (Phi) is 6.01. The number of aromatic nitrogens is 1. The maximum Gasteiger partial charge on any atom is 0.136 e. The predicted octanol–water partition coefficient (Wildman–Crippen LogP) is 4.38. The molecule has 0 spiro atoms. The van der Waals surface area contributed by atoms with Crippen LogP contribution in [0.1, 0.15) is 28.9 Å². The second-order valence-electron chi connectivity index (χ2n) is 4.51. The van der Waals surface area contributed by atoms with Gasteiger partial charge in [0.25, 0.3) is 0 Å². The number of hydrogen-bond acceptors (Lipinski definition) is 4. The minimum Gasteiger partial charge on any atom is -0.312 e. The van der Waals surface area contributed by atoms with Crippen LogP contribution < -0.4 is 5.32 Å². The molecule has 0 bridgehead atoms. The van der Waals surface area contributed by atoms with Gasteiger partial charge in [0.15, 0.2) is 0 Å². The van der Waals surface area contributed by atoms with Crippen molar-refractivity contribution < 1.29 is 4.39 Å². The zero-order chi connectivity index (χ0) is 14.4. The van der Waals surface area contributed by atoms with Crippen LogP contribution >= 0.6 is 23.1 Å². The van der Waals surface area contributed by atoms with Crippen molar-refractivity contribution in [1.29, 1.82) is 0 Å². The lowest BCUT2D eigenvalue weighted by molar-refractivity contribution is 0.602. The molecule has 1 heterocycles. The third-order valence-electron chi connectivity index (χ3n) is 2.84. The predicted molar refractivity (Wildman–Crippen MR) is 84.8 cm³/mol. The SMILES string of the molecule is CCCNCc1sc(CSc2ccccc2F)nc1C. The van der Waals surface area contributed by atoms with E-state index >= 15 is 0 Å². The zero-order valence-electron chi connectivity index (χ0n) is 11.8. The van der Waals surface area contributed by atoms with Crippen molar-refractivity contribution in [2.45, 2.75) is 37.5 Å². The number of thiazole rings is 1. The molecule has 5 heteroatoms. The Bertz CT molecular complexity index is 555. The molecule has 0 aliphatic carbocycles. The van der Waals surface area contributed by atoms with Crippen LogP contribution in [0.2, 0.25) is 0 Å². The third-order valence-corrected chi connectivity index (χ3v) is 5.24. The molecule has 0 aliphatic heterocycles. The standard InChI is InChI=1S/C15H19FN2S2/c1-3-8-17-9-14-11(2)18-15(20-14)10-19-13-7-5-4-6-12(13)16/h4-7,17H,3,8-10H2,1-2H3. The Morgan fingerprint density at radius 3 is 2.90 bits per heavy atom. The molecule has 2 nitrogen and oxygen atoms in total. The highest BCUT2D eigenvalue weighted by molar-refractivity contribution is 7.98. The van der Waals surface area contributed by atoms with Crippen molar-refractivity contribution in [1.82, 2.24) is 10.3 Å². The van der Waals surface area contributed by atoms with E-state index in [1.807, 2.05) is 19.1 Å². The van der Waals surface area contributed by atoms with Crippen LogP contribution in [-0.2, 0) is 12.3 Å². The molecule has 108 valence electrons. The van der Waals surface area contributed by atoms with E-state index in [2.05, 4.69) is 17.2 Å². The van der Waals surface area contributed by atoms with Crippen molar-refractivity contribution in [2.24, 2.45) is 0 Å². The van der Waals surface area contributed by atoms with E-state index in [0.29, 0.717) is 4.90 Å². The number of halogens is 1. The summed E-state index contributed by atoms with van der Waals surface area (Å²) in [6.45, 7) is 6.10. The summed E-state index contributed by atoms with van der Waals surface area (Å²) in [6, 6.07) is 6.88. The zero-order valence-corrected chi connectivity index (χ0v) is 13.4. The fourth-order valence-corrected chi connectivity index (χ4v) is 3.77. The molecular formula is C15H19FN2S2. The molecule has 0 unspecified atom stereocenters. The Balaban J connectivity index is 1.93. The van der Waals surface area contributed by atoms with Gasteiger partial charge in [0.05, 0.1) is 11.4 Å². The second-order valence-corrected chi connectivity index (χ2v) is 6.70. The molecular weight excluding hydrogens is 291 g/mol. The summed E-state index contributed by atoms with van der Waals surface area (Å²) in [7, 11) is 0. The van der Waals surface area contributed by atoms with Crippen LogP contribution in [0.25, 0.3) is 0 Å². The highest BCUT2D eigenvalue weighted by Gasteiger charge is 2.09. The summed E-state index contributed by atoms with van der Waals surface area (Å²) in [6.07, 6.45) is 1.13. The van der Waals surface area contributed by atoms with E-state index in [-0.39, 0.29) is 5.82 Å². The molecule has 1 aromatic heterocycles. The lowest BCUT2D eigenvalue weighted by Crippen LogP contribution is -2.13. The number of nitrogens with one attached hydrogen (secondary N) is 1. The summed E-state index contributed by atoms with van der Waals surface area (Å²) < 4.78 is 13.5. The van der Waals surface area contributed by atoms with Crippen molar-refractivity contribution in [3.8, 4) is 0 Å². The summed E-state index contributed by atoms with van der Waals surface area (Å²) in [5.74, 6) is 0.566. The van der Waals surface area contributed by atoms with E-state index in [1.165, 1.54) is 22.7 Å². The topological polar surface area (TPSA) is 24.9 Å². The summed E-state index contributed by atoms with van der Waals surface area (Å²) in [5, 5.41) is 4.45. The first-order valence-corrected chi connectivity index (χ1v) is 8.54. The first kappa shape index (κ1) is 15.5. The van der Waals surface area contributed by atoms with Crippen LogP contribution in [0.3, 0.4) is 0 Å². The van der Waals surface area contributed by atoms with Gasteiger partial charge in [0.2, 0.25) is 0 Å². The molecule has 1 aromatic carbocycles. The Labute approximate surface area is 127 Å². The van der Waals surface area contributed by atoms with Gasteiger partial charge in [-0.15, -0.1) is 23.1 Å². The Morgan fingerprint density at radius 2 is 2.15 bits per heavy atom. The quantitative estimate of drug-likeness (QED) is 0.607. The average Bonchev–Trinajstić information content (AvgIpc) is 2.79. The van der Waals surface area contributed by atoms with Gasteiger partial charge >= 0.3 is 0 Å². The largest absolute Gasteiger partial charge is 0.312 e. The minimum atomic E-state index is -0.157. The Morgan fingerprint density at radius 1 is 1.35 bits per heavy atom. The van der Waals surface area contributed by atoms with Crippen molar-refractivity contribution in [2.75, 3.05) is 6.54 Å². The van der Waals surface area contributed by atoms with Gasteiger partial charge in [-0.1, -0.05) is 19.1 Å². The number of benzene rings is 1. The smallest absolute Gasteiger partial charge is 0.136 e. The normalized spacial score (nSPS) is 10.9. The second kappa shape index (κ2) is 7.76. The van der Waals surface area contributed by atoms with E-state index < -0.39 is 0 Å². The number of hydrogen-bond donors (Lipinski definition) is 1. The van der Waals surface area contributed by atoms with Gasteiger partial charge in [-0.25, -0.2) is 9.37 Å². The third kappa shape index (κ3) is 4.30. The molecule has 2 rings (SSSR count). The lowest BCUT2D eigenvalue weighted by Gasteiger charge is -2.00. The first-order chi connectivity index (χ1) is 9.70. The van der Waals surface area contributed by atoms with Crippen LogP contribution in [0.4, 0.5) is 4.39 Å². The summed E-state index contributed by atoms with van der Waals surface area (Å²) >= 11 is 3.22. The molecule has 2 aromatic rings. The minimum absolute atomic E-state index is 0.157. The Hall–Kier alpha value is -0.910.